The van der Waals surface area contributed by atoms with E-state index in [1.54, 1.807) is 60.7 Å². The number of hydrogen-bond acceptors (Lipinski definition) is 15. The van der Waals surface area contributed by atoms with E-state index in [-0.39, 0.29) is 37.6 Å². The average Bonchev–Trinajstić information content (AvgIpc) is 3.16. The molecule has 15 nitrogen and oxygen atoms in total. The summed E-state index contributed by atoms with van der Waals surface area (Å²) in [6.07, 6.45) is 0. The first kappa shape index (κ1) is 43.5. The van der Waals surface area contributed by atoms with E-state index in [9.17, 15) is 19.2 Å². The Morgan fingerprint density at radius 2 is 0.490 bits per heavy atom. The molecule has 0 aliphatic carbocycles. The summed E-state index contributed by atoms with van der Waals surface area (Å²) < 4.78 is 58.5. The van der Waals surface area contributed by atoms with Gasteiger partial charge in [0, 0.05) is 11.1 Å². The summed E-state index contributed by atoms with van der Waals surface area (Å²) >= 11 is 0. The van der Waals surface area contributed by atoms with Gasteiger partial charge in [0.2, 0.25) is 0 Å². The van der Waals surface area contributed by atoms with E-state index in [0.717, 1.165) is 0 Å². The van der Waals surface area contributed by atoms with Crippen molar-refractivity contribution in [2.75, 3.05) is 132 Å². The maximum absolute atomic E-state index is 11.9. The zero-order valence-electron chi connectivity index (χ0n) is 29.0. The van der Waals surface area contributed by atoms with Gasteiger partial charge in [0.15, 0.2) is 0 Å². The summed E-state index contributed by atoms with van der Waals surface area (Å²) in [5.41, 5.74) is 0.576. The Hall–Kier alpha value is -3.64. The van der Waals surface area contributed by atoms with E-state index in [1.165, 1.54) is 0 Å². The van der Waals surface area contributed by atoms with Gasteiger partial charge in [-0.2, -0.15) is 0 Å². The first-order valence-electron chi connectivity index (χ1n) is 16.8. The number of carbonyl (C=O) groups excluding carboxylic acids is 4. The highest BCUT2D eigenvalue weighted by Gasteiger charge is 2.18. The number of esters is 2. The maximum atomic E-state index is 11.9. The summed E-state index contributed by atoms with van der Waals surface area (Å²) in [5, 5.41) is 0. The molecule has 15 heteroatoms. The molecule has 0 unspecified atom stereocenters. The Labute approximate surface area is 298 Å². The molecule has 0 saturated carbocycles. The average molecular weight is 723 g/mol. The van der Waals surface area contributed by atoms with E-state index in [4.69, 9.17) is 52.1 Å². The largest absolute Gasteiger partial charge is 0.457 e. The molecule has 0 radical (unpaired) electrons. The number of ketones is 2. The summed E-state index contributed by atoms with van der Waals surface area (Å²) in [6.45, 7) is 6.92. The monoisotopic (exact) mass is 722 g/mol. The first-order valence-corrected chi connectivity index (χ1v) is 16.8. The van der Waals surface area contributed by atoms with Crippen LogP contribution in [0.25, 0.3) is 0 Å². The lowest BCUT2D eigenvalue weighted by molar-refractivity contribution is -0.140. The quantitative estimate of drug-likeness (QED) is 0.0445. The zero-order valence-corrected chi connectivity index (χ0v) is 29.0. The SMILES string of the molecule is O=C(OCCOCCOCCOCCOCCOCCOCCOCCOCCOCCOC(=O)C(=O)c1ccccc1)C(=O)c1ccccc1. The minimum atomic E-state index is -0.906. The van der Waals surface area contributed by atoms with E-state index in [1.807, 2.05) is 0 Å². The van der Waals surface area contributed by atoms with E-state index >= 15 is 0 Å². The Morgan fingerprint density at radius 3 is 0.706 bits per heavy atom. The molecule has 0 N–H and O–H groups in total. The second-order valence-corrected chi connectivity index (χ2v) is 10.2. The van der Waals surface area contributed by atoms with Crippen LogP contribution in [-0.2, 0) is 61.7 Å². The molecule has 2 aromatic carbocycles. The molecule has 0 saturated heterocycles. The first-order chi connectivity index (χ1) is 25.1. The van der Waals surface area contributed by atoms with Gasteiger partial charge in [0.1, 0.15) is 13.2 Å². The van der Waals surface area contributed by atoms with Gasteiger partial charge in [-0.25, -0.2) is 9.59 Å². The van der Waals surface area contributed by atoms with E-state index in [2.05, 4.69) is 0 Å². The number of hydrogen-bond donors (Lipinski definition) is 0. The van der Waals surface area contributed by atoms with Crippen molar-refractivity contribution in [1.82, 2.24) is 0 Å². The van der Waals surface area contributed by atoms with Gasteiger partial charge in [-0.05, 0) is 0 Å². The van der Waals surface area contributed by atoms with Crippen molar-refractivity contribution in [3.05, 3.63) is 71.8 Å². The third-order valence-corrected chi connectivity index (χ3v) is 6.34. The molecule has 51 heavy (non-hydrogen) atoms. The highest BCUT2D eigenvalue weighted by atomic mass is 16.6. The van der Waals surface area contributed by atoms with Crippen LogP contribution < -0.4 is 0 Å². The fraction of sp³-hybridized carbons (Fsp3) is 0.556. The number of ether oxygens (including phenoxy) is 11. The Balaban J connectivity index is 1.19. The highest BCUT2D eigenvalue weighted by molar-refractivity contribution is 6.41. The third-order valence-electron chi connectivity index (χ3n) is 6.34. The topological polar surface area (TPSA) is 170 Å². The number of Topliss-reactive ketones (excluding diaryl/α,β-unsaturated/α-hetero) is 2. The Morgan fingerprint density at radius 1 is 0.294 bits per heavy atom. The summed E-state index contributed by atoms with van der Waals surface area (Å²) in [7, 11) is 0. The predicted molar refractivity (Wildman–Crippen MR) is 181 cm³/mol. The lowest BCUT2D eigenvalue weighted by atomic mass is 10.1. The molecule has 0 aromatic heterocycles. The van der Waals surface area contributed by atoms with Gasteiger partial charge in [-0.3, -0.25) is 9.59 Å². The summed E-state index contributed by atoms with van der Waals surface area (Å²) in [5.74, 6) is -3.18. The van der Waals surface area contributed by atoms with Crippen molar-refractivity contribution < 1.29 is 71.3 Å². The molecule has 0 bridgehead atoms. The van der Waals surface area contributed by atoms with Gasteiger partial charge in [-0.1, -0.05) is 60.7 Å². The van der Waals surface area contributed by atoms with Crippen molar-refractivity contribution in [2.45, 2.75) is 0 Å². The van der Waals surface area contributed by atoms with Crippen molar-refractivity contribution in [1.29, 1.82) is 0 Å². The normalized spacial score (nSPS) is 11.0. The van der Waals surface area contributed by atoms with Gasteiger partial charge in [0.05, 0.1) is 119 Å². The summed E-state index contributed by atoms with van der Waals surface area (Å²) in [6, 6.07) is 16.5. The van der Waals surface area contributed by atoms with Crippen molar-refractivity contribution in [3.63, 3.8) is 0 Å². The van der Waals surface area contributed by atoms with Crippen LogP contribution in [0.3, 0.4) is 0 Å². The molecule has 0 heterocycles. The lowest BCUT2D eigenvalue weighted by Gasteiger charge is -2.09. The molecule has 0 atom stereocenters. The molecular weight excluding hydrogens is 672 g/mol. The smallest absolute Gasteiger partial charge is 0.379 e. The number of benzene rings is 2. The highest BCUT2D eigenvalue weighted by Crippen LogP contribution is 2.02. The van der Waals surface area contributed by atoms with Crippen LogP contribution in [0.1, 0.15) is 20.7 Å². The molecule has 0 fully saturated rings. The molecule has 0 spiro atoms. The van der Waals surface area contributed by atoms with Gasteiger partial charge < -0.3 is 52.1 Å². The van der Waals surface area contributed by atoms with Gasteiger partial charge in [0.25, 0.3) is 11.6 Å². The Bertz CT molecular complexity index is 1090. The van der Waals surface area contributed by atoms with Crippen LogP contribution in [0.2, 0.25) is 0 Å². The van der Waals surface area contributed by atoms with Crippen molar-refractivity contribution >= 4 is 23.5 Å². The standard InChI is InChI=1S/C36H50O15/c37-33(31-7-3-1-4-8-31)35(39)50-29-27-48-25-23-46-21-19-44-17-15-42-13-11-41-12-14-43-16-18-45-20-22-47-24-26-49-28-30-51-36(40)34(38)32-9-5-2-6-10-32/h1-10H,11-30H2. The molecule has 0 amide bonds. The molecule has 284 valence electrons. The second kappa shape index (κ2) is 31.1. The summed E-state index contributed by atoms with van der Waals surface area (Å²) in [4.78, 5) is 47.2. The van der Waals surface area contributed by atoms with Crippen LogP contribution in [0, 0.1) is 0 Å². The molecule has 2 aromatic rings. The lowest BCUT2D eigenvalue weighted by Crippen LogP contribution is -2.20. The van der Waals surface area contributed by atoms with Crippen LogP contribution in [-0.4, -0.2) is 156 Å². The van der Waals surface area contributed by atoms with Crippen LogP contribution in [0.15, 0.2) is 60.7 Å². The third kappa shape index (κ3) is 23.5. The fourth-order valence-corrected chi connectivity index (χ4v) is 3.79. The van der Waals surface area contributed by atoms with Crippen molar-refractivity contribution in [3.8, 4) is 0 Å². The Kier molecular flexibility index (Phi) is 26.6. The number of rotatable bonds is 34. The maximum Gasteiger partial charge on any atom is 0.379 e. The van der Waals surface area contributed by atoms with Gasteiger partial charge in [-0.15, -0.1) is 0 Å². The van der Waals surface area contributed by atoms with E-state index in [0.29, 0.717) is 106 Å². The number of carbonyl (C=O) groups is 4. The van der Waals surface area contributed by atoms with Crippen LogP contribution in [0.4, 0.5) is 0 Å². The molecule has 0 aliphatic rings. The van der Waals surface area contributed by atoms with Crippen molar-refractivity contribution in [2.24, 2.45) is 0 Å². The zero-order chi connectivity index (χ0) is 36.5. The van der Waals surface area contributed by atoms with Crippen LogP contribution >= 0.6 is 0 Å². The predicted octanol–water partition coefficient (Wildman–Crippen LogP) is 1.99. The fourth-order valence-electron chi connectivity index (χ4n) is 3.79. The minimum absolute atomic E-state index is 0.0127. The molecule has 2 rings (SSSR count). The molecule has 0 aliphatic heterocycles. The second-order valence-electron chi connectivity index (χ2n) is 10.2. The molecular formula is C36H50O15. The van der Waals surface area contributed by atoms with E-state index < -0.39 is 23.5 Å². The minimum Gasteiger partial charge on any atom is -0.457 e. The van der Waals surface area contributed by atoms with Crippen LogP contribution in [0.5, 0.6) is 0 Å². The van der Waals surface area contributed by atoms with Gasteiger partial charge >= 0.3 is 11.9 Å².